The number of benzene rings is 1. The average molecular weight is 260 g/mol. The zero-order valence-corrected chi connectivity index (χ0v) is 11.6. The molecule has 0 fully saturated rings. The first-order chi connectivity index (χ1) is 9.15. The van der Waals surface area contributed by atoms with Crippen LogP contribution in [-0.4, -0.2) is 24.7 Å². The second kappa shape index (κ2) is 5.56. The van der Waals surface area contributed by atoms with E-state index < -0.39 is 0 Å². The van der Waals surface area contributed by atoms with Crippen molar-refractivity contribution in [1.82, 2.24) is 4.57 Å². The lowest BCUT2D eigenvalue weighted by Crippen LogP contribution is -2.35. The minimum absolute atomic E-state index is 0.570. The molecule has 2 rings (SSSR count). The Balaban J connectivity index is 2.38. The molecule has 1 aromatic heterocycles. The van der Waals surface area contributed by atoms with Crippen molar-refractivity contribution in [1.29, 1.82) is 0 Å². The lowest BCUT2D eigenvalue weighted by molar-refractivity contribution is -0.672. The van der Waals surface area contributed by atoms with Crippen molar-refractivity contribution in [2.24, 2.45) is 19.1 Å². The maximum atomic E-state index is 5.39. The van der Waals surface area contributed by atoms with Crippen LogP contribution in [0.5, 0.6) is 5.75 Å². The van der Waals surface area contributed by atoms with E-state index >= 15 is 0 Å². The number of rotatable bonds is 3. The van der Waals surface area contributed by atoms with Crippen molar-refractivity contribution in [2.45, 2.75) is 0 Å². The molecule has 2 aromatic rings. The van der Waals surface area contributed by atoms with Crippen LogP contribution in [0.3, 0.4) is 0 Å². The Kier molecular flexibility index (Phi) is 3.85. The molecular weight excluding hydrogens is 242 g/mol. The van der Waals surface area contributed by atoms with Gasteiger partial charge in [-0.3, -0.25) is 0 Å². The molecule has 5 heteroatoms. The predicted molar refractivity (Wildman–Crippen MR) is 72.8 cm³/mol. The van der Waals surface area contributed by atoms with Gasteiger partial charge in [-0.1, -0.05) is 0 Å². The summed E-state index contributed by atoms with van der Waals surface area (Å²) in [5.74, 6) is 2.28. The van der Waals surface area contributed by atoms with Gasteiger partial charge in [-0.15, -0.1) is 0 Å². The van der Waals surface area contributed by atoms with E-state index in [4.69, 9.17) is 9.47 Å². The summed E-state index contributed by atoms with van der Waals surface area (Å²) in [4.78, 5) is 4.51. The molecule has 0 spiro atoms. The van der Waals surface area contributed by atoms with E-state index in [2.05, 4.69) is 4.99 Å². The van der Waals surface area contributed by atoms with E-state index in [9.17, 15) is 0 Å². The van der Waals surface area contributed by atoms with E-state index in [-0.39, 0.29) is 0 Å². The predicted octanol–water partition coefficient (Wildman–Crippen LogP) is 1.58. The Labute approximate surface area is 112 Å². The average Bonchev–Trinajstić information content (AvgIpc) is 2.76. The molecule has 0 saturated heterocycles. The highest BCUT2D eigenvalue weighted by atomic mass is 16.5. The third-order valence-corrected chi connectivity index (χ3v) is 2.87. The maximum Gasteiger partial charge on any atom is 0.344 e. The molecule has 19 heavy (non-hydrogen) atoms. The Morgan fingerprint density at radius 1 is 1.21 bits per heavy atom. The number of aliphatic imine (C=N–C) groups is 1. The van der Waals surface area contributed by atoms with Crippen molar-refractivity contribution in [2.75, 3.05) is 14.2 Å². The molecule has 0 aliphatic rings. The van der Waals surface area contributed by atoms with Gasteiger partial charge in [-0.2, -0.15) is 0 Å². The van der Waals surface area contributed by atoms with Crippen molar-refractivity contribution < 1.29 is 14.0 Å². The Hall–Kier alpha value is -2.30. The fourth-order valence-corrected chi connectivity index (χ4v) is 1.85. The quantitative estimate of drug-likeness (QED) is 0.477. The number of hydrogen-bond donors (Lipinski definition) is 0. The smallest absolute Gasteiger partial charge is 0.344 e. The number of ether oxygens (including phenoxy) is 2. The van der Waals surface area contributed by atoms with Crippen molar-refractivity contribution in [3.8, 4) is 5.75 Å². The van der Waals surface area contributed by atoms with Gasteiger partial charge in [0.15, 0.2) is 0 Å². The summed E-state index contributed by atoms with van der Waals surface area (Å²) >= 11 is 0. The second-order valence-corrected chi connectivity index (χ2v) is 4.16. The molecule has 0 bridgehead atoms. The number of methoxy groups -OCH3 is 2. The first-order valence-corrected chi connectivity index (χ1v) is 5.93. The lowest BCUT2D eigenvalue weighted by atomic mass is 10.3. The van der Waals surface area contributed by atoms with Crippen LogP contribution in [0.4, 0.5) is 5.69 Å². The van der Waals surface area contributed by atoms with Gasteiger partial charge in [0.05, 0.1) is 34.0 Å². The van der Waals surface area contributed by atoms with Crippen molar-refractivity contribution >= 4 is 11.6 Å². The van der Waals surface area contributed by atoms with Gasteiger partial charge in [0.25, 0.3) is 0 Å². The summed E-state index contributed by atoms with van der Waals surface area (Å²) in [5.41, 5.74) is 0.818. The Bertz CT molecular complexity index is 566. The van der Waals surface area contributed by atoms with Crippen molar-refractivity contribution in [3.05, 3.63) is 42.5 Å². The zero-order chi connectivity index (χ0) is 13.8. The topological polar surface area (TPSA) is 39.6 Å². The summed E-state index contributed by atoms with van der Waals surface area (Å²) in [7, 11) is 7.17. The van der Waals surface area contributed by atoms with Crippen LogP contribution in [-0.2, 0) is 18.8 Å². The van der Waals surface area contributed by atoms with Gasteiger partial charge in [-0.05, 0) is 24.3 Å². The minimum Gasteiger partial charge on any atom is -0.497 e. The van der Waals surface area contributed by atoms with Crippen LogP contribution in [0, 0.1) is 0 Å². The number of hydrogen-bond acceptors (Lipinski definition) is 3. The summed E-state index contributed by atoms with van der Waals surface area (Å²) in [5, 5.41) is 0. The Morgan fingerprint density at radius 3 is 2.37 bits per heavy atom. The maximum absolute atomic E-state index is 5.39. The molecule has 0 amide bonds. The van der Waals surface area contributed by atoms with Crippen LogP contribution < -0.4 is 9.30 Å². The number of aryl methyl sites for hydroxylation is 2. The van der Waals surface area contributed by atoms with Crippen LogP contribution in [0.25, 0.3) is 0 Å². The van der Waals surface area contributed by atoms with Crippen LogP contribution >= 0.6 is 0 Å². The van der Waals surface area contributed by atoms with Gasteiger partial charge in [0.2, 0.25) is 0 Å². The largest absolute Gasteiger partial charge is 0.497 e. The van der Waals surface area contributed by atoms with Gasteiger partial charge in [-0.25, -0.2) is 14.1 Å². The minimum atomic E-state index is 0.570. The molecule has 0 aliphatic heterocycles. The van der Waals surface area contributed by atoms with Gasteiger partial charge >= 0.3 is 11.7 Å². The van der Waals surface area contributed by atoms with E-state index in [1.165, 1.54) is 0 Å². The lowest BCUT2D eigenvalue weighted by Gasteiger charge is -2.03. The fourth-order valence-electron chi connectivity index (χ4n) is 1.85. The van der Waals surface area contributed by atoms with Crippen LogP contribution in [0.2, 0.25) is 0 Å². The fraction of sp³-hybridized carbons (Fsp3) is 0.286. The summed E-state index contributed by atoms with van der Waals surface area (Å²) in [6.07, 6.45) is 3.91. The highest BCUT2D eigenvalue weighted by molar-refractivity contribution is 5.91. The first kappa shape index (κ1) is 13.1. The van der Waals surface area contributed by atoms with Gasteiger partial charge in [0.1, 0.15) is 18.1 Å². The van der Waals surface area contributed by atoms with Crippen LogP contribution in [0.15, 0.2) is 41.7 Å². The van der Waals surface area contributed by atoms with E-state index in [0.29, 0.717) is 5.90 Å². The summed E-state index contributed by atoms with van der Waals surface area (Å²) in [6, 6.07) is 7.52. The third-order valence-electron chi connectivity index (χ3n) is 2.87. The Morgan fingerprint density at radius 2 is 1.89 bits per heavy atom. The summed E-state index contributed by atoms with van der Waals surface area (Å²) in [6.45, 7) is 0. The number of aromatic nitrogens is 2. The molecule has 0 radical (unpaired) electrons. The molecule has 0 aliphatic carbocycles. The first-order valence-electron chi connectivity index (χ1n) is 5.93. The molecule has 0 atom stereocenters. The highest BCUT2D eigenvalue weighted by Gasteiger charge is 2.19. The molecule has 0 unspecified atom stereocenters. The second-order valence-electron chi connectivity index (χ2n) is 4.16. The van der Waals surface area contributed by atoms with Gasteiger partial charge < -0.3 is 9.47 Å². The zero-order valence-electron chi connectivity index (χ0n) is 11.6. The number of imidazole rings is 1. The molecule has 0 N–H and O–H groups in total. The van der Waals surface area contributed by atoms with Crippen molar-refractivity contribution in [3.63, 3.8) is 0 Å². The standard InChI is InChI=1S/C14H18N3O2/c1-16-9-10-17(2)14(16)13(19-4)15-11-5-7-12(18-3)8-6-11/h5-10H,1-4H3/q+1/b15-13-. The molecular formula is C14H18N3O2+. The molecule has 1 aromatic carbocycles. The van der Waals surface area contributed by atoms with Gasteiger partial charge in [0, 0.05) is 0 Å². The highest BCUT2D eigenvalue weighted by Crippen LogP contribution is 2.18. The number of nitrogens with zero attached hydrogens (tertiary/aromatic N) is 3. The monoisotopic (exact) mass is 260 g/mol. The summed E-state index contributed by atoms with van der Waals surface area (Å²) < 4.78 is 14.4. The SMILES string of the molecule is CO/C(=N\c1ccc(OC)cc1)c1n(C)cc[n+]1C. The molecule has 100 valence electrons. The third kappa shape index (κ3) is 2.76. The van der Waals surface area contributed by atoms with E-state index in [0.717, 1.165) is 17.3 Å². The van der Waals surface area contributed by atoms with Crippen LogP contribution in [0.1, 0.15) is 5.82 Å². The van der Waals surface area contributed by atoms with E-state index in [1.54, 1.807) is 14.2 Å². The molecule has 1 heterocycles. The normalized spacial score (nSPS) is 11.5. The molecule has 5 nitrogen and oxygen atoms in total. The molecule has 0 saturated carbocycles. The van der Waals surface area contributed by atoms with E-state index in [1.807, 2.05) is 59.9 Å².